The topological polar surface area (TPSA) is 36.4 Å². The van der Waals surface area contributed by atoms with E-state index in [9.17, 15) is 4.79 Å². The molecule has 0 atom stereocenters. The number of aryl methyl sites for hydroxylation is 2. The van der Waals surface area contributed by atoms with Gasteiger partial charge in [0.15, 0.2) is 5.13 Å². The van der Waals surface area contributed by atoms with Crippen LogP contribution in [0.5, 0.6) is 0 Å². The lowest BCUT2D eigenvalue weighted by Crippen LogP contribution is -2.49. The van der Waals surface area contributed by atoms with Gasteiger partial charge in [-0.15, -0.1) is 11.3 Å². The molecule has 0 unspecified atom stereocenters. The molecule has 1 amide bonds. The lowest BCUT2D eigenvalue weighted by molar-refractivity contribution is -0.130. The number of piperazine rings is 1. The molecule has 1 aliphatic heterocycles. The average molecular weight is 315 g/mol. The minimum absolute atomic E-state index is 0.220. The summed E-state index contributed by atoms with van der Waals surface area (Å²) in [6.45, 7) is 7.46. The number of anilines is 1. The van der Waals surface area contributed by atoms with E-state index >= 15 is 0 Å². The highest BCUT2D eigenvalue weighted by molar-refractivity contribution is 7.15. The van der Waals surface area contributed by atoms with Crippen LogP contribution in [0.4, 0.5) is 5.13 Å². The van der Waals surface area contributed by atoms with Crippen molar-refractivity contribution < 1.29 is 4.79 Å². The molecule has 1 saturated heterocycles. The molecular weight excluding hydrogens is 294 g/mol. The van der Waals surface area contributed by atoms with Gasteiger partial charge < -0.3 is 9.80 Å². The zero-order valence-corrected chi connectivity index (χ0v) is 13.9. The van der Waals surface area contributed by atoms with Crippen molar-refractivity contribution in [2.24, 2.45) is 0 Å². The Morgan fingerprint density at radius 1 is 1.14 bits per heavy atom. The summed E-state index contributed by atoms with van der Waals surface area (Å²) in [4.78, 5) is 22.5. The minimum atomic E-state index is 0.220. The van der Waals surface area contributed by atoms with Crippen molar-refractivity contribution in [3.8, 4) is 0 Å². The van der Waals surface area contributed by atoms with Gasteiger partial charge in [0.2, 0.25) is 5.91 Å². The summed E-state index contributed by atoms with van der Waals surface area (Å²) < 4.78 is 0. The predicted octanol–water partition coefficient (Wildman–Crippen LogP) is 2.65. The molecule has 0 aliphatic carbocycles. The van der Waals surface area contributed by atoms with E-state index in [1.165, 1.54) is 4.88 Å². The molecule has 5 heteroatoms. The summed E-state index contributed by atoms with van der Waals surface area (Å²) in [7, 11) is 0. The average Bonchev–Trinajstić information content (AvgIpc) is 2.88. The van der Waals surface area contributed by atoms with Gasteiger partial charge in [0.05, 0.1) is 12.1 Å². The smallest absolute Gasteiger partial charge is 0.227 e. The molecule has 1 aromatic carbocycles. The lowest BCUT2D eigenvalue weighted by Gasteiger charge is -2.34. The molecule has 1 aromatic heterocycles. The maximum atomic E-state index is 12.4. The van der Waals surface area contributed by atoms with E-state index in [1.807, 2.05) is 35.2 Å². The van der Waals surface area contributed by atoms with Crippen LogP contribution in [-0.2, 0) is 11.2 Å². The fourth-order valence-corrected chi connectivity index (χ4v) is 3.58. The van der Waals surface area contributed by atoms with Crippen molar-refractivity contribution in [3.05, 3.63) is 46.5 Å². The molecule has 4 nitrogen and oxygen atoms in total. The third kappa shape index (κ3) is 3.30. The number of hydrogen-bond donors (Lipinski definition) is 0. The highest BCUT2D eigenvalue weighted by Gasteiger charge is 2.23. The van der Waals surface area contributed by atoms with Crippen molar-refractivity contribution in [2.75, 3.05) is 31.1 Å². The number of nitrogens with zero attached hydrogens (tertiary/aromatic N) is 3. The first-order valence-corrected chi connectivity index (χ1v) is 8.46. The largest absolute Gasteiger partial charge is 0.345 e. The number of rotatable bonds is 3. The van der Waals surface area contributed by atoms with Gasteiger partial charge in [-0.3, -0.25) is 4.79 Å². The zero-order chi connectivity index (χ0) is 15.5. The SMILES string of the molecule is Cc1nc(N2CCN(C(=O)Cc3ccccc3)CC2)sc1C. The molecule has 3 rings (SSSR count). The molecule has 1 fully saturated rings. The van der Waals surface area contributed by atoms with Crippen LogP contribution < -0.4 is 4.90 Å². The first kappa shape index (κ1) is 15.0. The monoisotopic (exact) mass is 315 g/mol. The second-order valence-corrected chi connectivity index (χ2v) is 6.85. The Balaban J connectivity index is 1.56. The van der Waals surface area contributed by atoms with E-state index in [0.717, 1.165) is 42.6 Å². The zero-order valence-electron chi connectivity index (χ0n) is 13.1. The summed E-state index contributed by atoms with van der Waals surface area (Å²) in [6, 6.07) is 9.96. The van der Waals surface area contributed by atoms with E-state index in [1.54, 1.807) is 11.3 Å². The highest BCUT2D eigenvalue weighted by atomic mass is 32.1. The van der Waals surface area contributed by atoms with Crippen molar-refractivity contribution in [1.82, 2.24) is 9.88 Å². The molecular formula is C17H21N3OS. The second kappa shape index (κ2) is 6.48. The Labute approximate surface area is 135 Å². The first-order valence-electron chi connectivity index (χ1n) is 7.64. The van der Waals surface area contributed by atoms with E-state index < -0.39 is 0 Å². The molecule has 22 heavy (non-hydrogen) atoms. The maximum Gasteiger partial charge on any atom is 0.227 e. The van der Waals surface area contributed by atoms with E-state index in [0.29, 0.717) is 6.42 Å². The molecule has 0 N–H and O–H groups in total. The third-order valence-electron chi connectivity index (χ3n) is 4.12. The van der Waals surface area contributed by atoms with Crippen LogP contribution in [0.15, 0.2) is 30.3 Å². The fraction of sp³-hybridized carbons (Fsp3) is 0.412. The standard InChI is InChI=1S/C17H21N3OS/c1-13-14(2)22-17(18-13)20-10-8-19(9-11-20)16(21)12-15-6-4-3-5-7-15/h3-7H,8-12H2,1-2H3. The first-order chi connectivity index (χ1) is 10.6. The van der Waals surface area contributed by atoms with Crippen LogP contribution in [0.1, 0.15) is 16.1 Å². The number of carbonyl (C=O) groups is 1. The van der Waals surface area contributed by atoms with Crippen LogP contribution in [0, 0.1) is 13.8 Å². The van der Waals surface area contributed by atoms with Gasteiger partial charge in [-0.25, -0.2) is 4.98 Å². The molecule has 0 bridgehead atoms. The third-order valence-corrected chi connectivity index (χ3v) is 5.25. The quantitative estimate of drug-likeness (QED) is 0.874. The maximum absolute atomic E-state index is 12.4. The Hall–Kier alpha value is -1.88. The minimum Gasteiger partial charge on any atom is -0.345 e. The van der Waals surface area contributed by atoms with Crippen LogP contribution in [0.25, 0.3) is 0 Å². The van der Waals surface area contributed by atoms with Crippen LogP contribution >= 0.6 is 11.3 Å². The second-order valence-electron chi connectivity index (χ2n) is 5.67. The summed E-state index contributed by atoms with van der Waals surface area (Å²) >= 11 is 1.74. The van der Waals surface area contributed by atoms with Gasteiger partial charge in [0, 0.05) is 31.1 Å². The van der Waals surface area contributed by atoms with Crippen molar-refractivity contribution in [2.45, 2.75) is 20.3 Å². The highest BCUT2D eigenvalue weighted by Crippen LogP contribution is 2.26. The van der Waals surface area contributed by atoms with Gasteiger partial charge in [-0.2, -0.15) is 0 Å². The van der Waals surface area contributed by atoms with E-state index in [4.69, 9.17) is 0 Å². The fourth-order valence-electron chi connectivity index (χ4n) is 2.62. The molecule has 2 heterocycles. The number of amides is 1. The number of thiazole rings is 1. The Bertz CT molecular complexity index is 626. The van der Waals surface area contributed by atoms with Gasteiger partial charge in [-0.1, -0.05) is 30.3 Å². The molecule has 0 radical (unpaired) electrons. The van der Waals surface area contributed by atoms with Crippen molar-refractivity contribution in [3.63, 3.8) is 0 Å². The molecule has 0 spiro atoms. The normalized spacial score (nSPS) is 15.2. The summed E-state index contributed by atoms with van der Waals surface area (Å²) in [6.07, 6.45) is 0.496. The van der Waals surface area contributed by atoms with Crippen LogP contribution in [0.3, 0.4) is 0 Å². The van der Waals surface area contributed by atoms with Gasteiger partial charge in [0.25, 0.3) is 0 Å². The van der Waals surface area contributed by atoms with E-state index in [-0.39, 0.29) is 5.91 Å². The Morgan fingerprint density at radius 3 is 2.41 bits per heavy atom. The summed E-state index contributed by atoms with van der Waals surface area (Å²) in [5.41, 5.74) is 2.20. The predicted molar refractivity (Wildman–Crippen MR) is 90.5 cm³/mol. The Morgan fingerprint density at radius 2 is 1.82 bits per heavy atom. The van der Waals surface area contributed by atoms with Gasteiger partial charge in [0.1, 0.15) is 0 Å². The number of benzene rings is 1. The van der Waals surface area contributed by atoms with Crippen LogP contribution in [0.2, 0.25) is 0 Å². The lowest BCUT2D eigenvalue weighted by atomic mass is 10.1. The van der Waals surface area contributed by atoms with Crippen molar-refractivity contribution >= 4 is 22.4 Å². The molecule has 1 aliphatic rings. The van der Waals surface area contributed by atoms with Crippen LogP contribution in [-0.4, -0.2) is 42.0 Å². The van der Waals surface area contributed by atoms with Gasteiger partial charge in [-0.05, 0) is 19.4 Å². The summed E-state index contributed by atoms with van der Waals surface area (Å²) in [5, 5.41) is 1.09. The molecule has 0 saturated carbocycles. The van der Waals surface area contributed by atoms with Gasteiger partial charge >= 0.3 is 0 Å². The van der Waals surface area contributed by atoms with Crippen molar-refractivity contribution in [1.29, 1.82) is 0 Å². The molecule has 116 valence electrons. The summed E-state index contributed by atoms with van der Waals surface area (Å²) in [5.74, 6) is 0.220. The van der Waals surface area contributed by atoms with E-state index in [2.05, 4.69) is 23.7 Å². The molecule has 2 aromatic rings. The Kier molecular flexibility index (Phi) is 4.43. The number of carbonyl (C=O) groups excluding carboxylic acids is 1. The number of hydrogen-bond acceptors (Lipinski definition) is 4. The number of aromatic nitrogens is 1.